The van der Waals surface area contributed by atoms with Crippen LogP contribution in [0.5, 0.6) is 11.5 Å². The van der Waals surface area contributed by atoms with Crippen LogP contribution in [-0.2, 0) is 12.8 Å². The molecule has 0 radical (unpaired) electrons. The minimum Gasteiger partial charge on any atom is -0.504 e. The van der Waals surface area contributed by atoms with Gasteiger partial charge in [-0.15, -0.1) is 17.0 Å². The van der Waals surface area contributed by atoms with Crippen LogP contribution in [0.2, 0.25) is 0 Å². The van der Waals surface area contributed by atoms with E-state index < -0.39 is 0 Å². The van der Waals surface area contributed by atoms with Gasteiger partial charge in [0.1, 0.15) is 0 Å². The highest BCUT2D eigenvalue weighted by molar-refractivity contribution is 8.93. The van der Waals surface area contributed by atoms with Crippen LogP contribution >= 0.6 is 17.0 Å². The molecule has 0 aliphatic carbocycles. The number of rotatable bonds is 5. The number of aryl methyl sites for hydroxylation is 1. The molecule has 2 aromatic carbocycles. The maximum absolute atomic E-state index is 9.57. The average molecular weight is 378 g/mol. The number of hydrogen-bond donors (Lipinski definition) is 3. The minimum atomic E-state index is -0.0520. The van der Waals surface area contributed by atoms with E-state index >= 15 is 0 Å². The first kappa shape index (κ1) is 17.8. The Balaban J connectivity index is 0.00000192. The molecule has 23 heavy (non-hydrogen) atoms. The molecule has 3 rings (SSSR count). The summed E-state index contributed by atoms with van der Waals surface area (Å²) in [4.78, 5) is 0. The van der Waals surface area contributed by atoms with Crippen LogP contribution < -0.4 is 5.32 Å². The van der Waals surface area contributed by atoms with Crippen LogP contribution in [0.4, 0.5) is 0 Å². The van der Waals surface area contributed by atoms with Crippen LogP contribution in [0.3, 0.4) is 0 Å². The Morgan fingerprint density at radius 1 is 0.870 bits per heavy atom. The maximum Gasteiger partial charge on any atom is 0.157 e. The highest BCUT2D eigenvalue weighted by Gasteiger charge is 2.23. The number of aromatic hydroxyl groups is 2. The molecule has 1 saturated heterocycles. The predicted molar refractivity (Wildman–Crippen MR) is 98.5 cm³/mol. The fourth-order valence-corrected chi connectivity index (χ4v) is 3.26. The van der Waals surface area contributed by atoms with Crippen molar-refractivity contribution in [2.24, 2.45) is 0 Å². The number of hydrogen-bond acceptors (Lipinski definition) is 3. The van der Waals surface area contributed by atoms with Crippen molar-refractivity contribution in [1.82, 2.24) is 5.32 Å². The summed E-state index contributed by atoms with van der Waals surface area (Å²) in [6.07, 6.45) is 5.56. The van der Waals surface area contributed by atoms with Gasteiger partial charge >= 0.3 is 0 Å². The lowest BCUT2D eigenvalue weighted by Gasteiger charge is -2.15. The first-order valence-corrected chi connectivity index (χ1v) is 8.01. The zero-order chi connectivity index (χ0) is 15.4. The molecule has 0 spiro atoms. The molecule has 2 atom stereocenters. The summed E-state index contributed by atoms with van der Waals surface area (Å²) in [6, 6.07) is 16.8. The molecule has 1 fully saturated rings. The van der Waals surface area contributed by atoms with Gasteiger partial charge in [0.15, 0.2) is 11.5 Å². The molecule has 3 nitrogen and oxygen atoms in total. The van der Waals surface area contributed by atoms with E-state index in [-0.39, 0.29) is 28.5 Å². The van der Waals surface area contributed by atoms with Crippen molar-refractivity contribution in [3.8, 4) is 11.5 Å². The molecular formula is C19H24BrNO2. The van der Waals surface area contributed by atoms with E-state index in [0.717, 1.165) is 18.4 Å². The number of phenolic OH excluding ortho intramolecular Hbond substituents is 2. The van der Waals surface area contributed by atoms with Crippen molar-refractivity contribution in [2.75, 3.05) is 0 Å². The summed E-state index contributed by atoms with van der Waals surface area (Å²) in [7, 11) is 0. The van der Waals surface area contributed by atoms with Gasteiger partial charge in [0.25, 0.3) is 0 Å². The molecule has 1 heterocycles. The molecule has 0 bridgehead atoms. The molecule has 1 aliphatic heterocycles. The summed E-state index contributed by atoms with van der Waals surface area (Å²) >= 11 is 0. The minimum absolute atomic E-state index is 0. The van der Waals surface area contributed by atoms with Gasteiger partial charge in [-0.25, -0.2) is 0 Å². The molecule has 1 aliphatic rings. The fraction of sp³-hybridized carbons (Fsp3) is 0.368. The van der Waals surface area contributed by atoms with Crippen molar-refractivity contribution in [3.63, 3.8) is 0 Å². The van der Waals surface area contributed by atoms with E-state index in [1.165, 1.54) is 24.8 Å². The third-order valence-electron chi connectivity index (χ3n) is 4.48. The van der Waals surface area contributed by atoms with Crippen LogP contribution in [0.25, 0.3) is 0 Å². The van der Waals surface area contributed by atoms with Gasteiger partial charge in [-0.2, -0.15) is 0 Å². The van der Waals surface area contributed by atoms with E-state index in [2.05, 4.69) is 35.6 Å². The Labute approximate surface area is 148 Å². The smallest absolute Gasteiger partial charge is 0.157 e. The second kappa shape index (κ2) is 8.37. The second-order valence-corrected chi connectivity index (χ2v) is 6.19. The largest absolute Gasteiger partial charge is 0.504 e. The van der Waals surface area contributed by atoms with Crippen LogP contribution in [0.15, 0.2) is 48.5 Å². The molecule has 0 aromatic heterocycles. The summed E-state index contributed by atoms with van der Waals surface area (Å²) in [5.41, 5.74) is 2.47. The van der Waals surface area contributed by atoms with Gasteiger partial charge in [-0.05, 0) is 55.4 Å². The lowest BCUT2D eigenvalue weighted by molar-refractivity contribution is 0.402. The zero-order valence-electron chi connectivity index (χ0n) is 13.1. The Kier molecular flexibility index (Phi) is 6.48. The number of halogens is 1. The molecule has 0 saturated carbocycles. The molecule has 2 unspecified atom stereocenters. The topological polar surface area (TPSA) is 52.5 Å². The van der Waals surface area contributed by atoms with Crippen LogP contribution in [-0.4, -0.2) is 22.3 Å². The molecule has 3 N–H and O–H groups in total. The molecule has 4 heteroatoms. The lowest BCUT2D eigenvalue weighted by atomic mass is 10.0. The quantitative estimate of drug-likeness (QED) is 0.690. The highest BCUT2D eigenvalue weighted by Crippen LogP contribution is 2.27. The Bertz CT molecular complexity index is 618. The van der Waals surface area contributed by atoms with Crippen LogP contribution in [0, 0.1) is 0 Å². The highest BCUT2D eigenvalue weighted by atomic mass is 79.9. The molecular weight excluding hydrogens is 354 g/mol. The van der Waals surface area contributed by atoms with E-state index in [0.29, 0.717) is 12.1 Å². The van der Waals surface area contributed by atoms with Gasteiger partial charge in [0.2, 0.25) is 0 Å². The van der Waals surface area contributed by atoms with Crippen molar-refractivity contribution in [2.45, 2.75) is 44.2 Å². The summed E-state index contributed by atoms with van der Waals surface area (Å²) in [5, 5.41) is 22.6. The normalized spacial score (nSPS) is 20.2. The van der Waals surface area contributed by atoms with Crippen molar-refractivity contribution in [1.29, 1.82) is 0 Å². The predicted octanol–water partition coefficient (Wildman–Crippen LogP) is 3.97. The van der Waals surface area contributed by atoms with E-state index in [1.54, 1.807) is 12.1 Å². The number of benzene rings is 2. The second-order valence-electron chi connectivity index (χ2n) is 6.19. The maximum atomic E-state index is 9.57. The molecule has 2 aromatic rings. The first-order chi connectivity index (χ1) is 10.7. The number of nitrogens with one attached hydrogen (secondary N) is 1. The Morgan fingerprint density at radius 3 is 2.35 bits per heavy atom. The standard InChI is InChI=1S/C19H23NO2.BrH/c21-18-11-7-15(13-19(18)22)12-17-10-9-16(20-17)8-6-14-4-2-1-3-5-14;/h1-5,7,11,13,16-17,20-22H,6,8-10,12H2;1H. The van der Waals surface area contributed by atoms with Gasteiger partial charge in [0.05, 0.1) is 0 Å². The van der Waals surface area contributed by atoms with E-state index in [4.69, 9.17) is 0 Å². The van der Waals surface area contributed by atoms with Gasteiger partial charge in [-0.3, -0.25) is 0 Å². The monoisotopic (exact) mass is 377 g/mol. The number of phenols is 2. The summed E-state index contributed by atoms with van der Waals surface area (Å²) in [5.74, 6) is -0.0833. The lowest BCUT2D eigenvalue weighted by Crippen LogP contribution is -2.31. The van der Waals surface area contributed by atoms with Gasteiger partial charge < -0.3 is 15.5 Å². The summed E-state index contributed by atoms with van der Waals surface area (Å²) < 4.78 is 0. The van der Waals surface area contributed by atoms with Gasteiger partial charge in [-0.1, -0.05) is 36.4 Å². The SMILES string of the molecule is Br.Oc1ccc(CC2CCC(CCc3ccccc3)N2)cc1O. The fourth-order valence-electron chi connectivity index (χ4n) is 3.26. The van der Waals surface area contributed by atoms with Gasteiger partial charge in [0, 0.05) is 12.1 Å². The molecule has 124 valence electrons. The van der Waals surface area contributed by atoms with Crippen molar-refractivity contribution < 1.29 is 10.2 Å². The zero-order valence-corrected chi connectivity index (χ0v) is 14.8. The van der Waals surface area contributed by atoms with Crippen LogP contribution in [0.1, 0.15) is 30.4 Å². The van der Waals surface area contributed by atoms with Crippen molar-refractivity contribution in [3.05, 3.63) is 59.7 Å². The van der Waals surface area contributed by atoms with Crippen molar-refractivity contribution >= 4 is 17.0 Å². The van der Waals surface area contributed by atoms with E-state index in [9.17, 15) is 10.2 Å². The summed E-state index contributed by atoms with van der Waals surface area (Å²) in [6.45, 7) is 0. The molecule has 0 amide bonds. The Morgan fingerprint density at radius 2 is 1.61 bits per heavy atom. The first-order valence-electron chi connectivity index (χ1n) is 8.01. The third kappa shape index (κ3) is 4.98. The third-order valence-corrected chi connectivity index (χ3v) is 4.48. The Hall–Kier alpha value is -1.52. The average Bonchev–Trinajstić information content (AvgIpc) is 2.97. The van der Waals surface area contributed by atoms with E-state index in [1.807, 2.05) is 6.07 Å².